The third kappa shape index (κ3) is 7.51. The molecule has 1 heterocycles. The maximum absolute atomic E-state index is 13.2. The molecule has 0 aliphatic rings. The van der Waals surface area contributed by atoms with E-state index in [2.05, 4.69) is 0 Å². The van der Waals surface area contributed by atoms with E-state index in [4.69, 9.17) is 27.6 Å². The standard InChI is InChI=1S/C46H54Cl2O5/c1-41(2,3)33-23-29(24-34(39(33)49)42(4,5)6)45(51,27-13-17-31(47)18-14-27)37-21-22-38(53-37)46(52,28-15-19-32(48)20-16-28)30-25-35(43(7,8)9)40(50)36(26-30)44(10,11)12/h13-26,49-52H,1-12H3. The van der Waals surface area contributed by atoms with E-state index < -0.39 is 32.9 Å². The van der Waals surface area contributed by atoms with Crippen LogP contribution in [0.2, 0.25) is 10.0 Å². The molecule has 7 heteroatoms. The molecule has 4 N–H and O–H groups in total. The van der Waals surface area contributed by atoms with Gasteiger partial charge in [0.15, 0.2) is 11.2 Å². The van der Waals surface area contributed by atoms with Crippen LogP contribution in [-0.4, -0.2) is 20.4 Å². The molecule has 2 unspecified atom stereocenters. The first-order chi connectivity index (χ1) is 24.2. The van der Waals surface area contributed by atoms with Crippen LogP contribution in [0.25, 0.3) is 0 Å². The lowest BCUT2D eigenvalue weighted by atomic mass is 9.74. The quantitative estimate of drug-likeness (QED) is 0.138. The van der Waals surface area contributed by atoms with Gasteiger partial charge in [-0.15, -0.1) is 0 Å². The van der Waals surface area contributed by atoms with E-state index in [1.165, 1.54) is 0 Å². The first-order valence-electron chi connectivity index (χ1n) is 18.0. The topological polar surface area (TPSA) is 94.1 Å². The first kappa shape index (κ1) is 40.4. The summed E-state index contributed by atoms with van der Waals surface area (Å²) in [4.78, 5) is 0. The number of phenolic OH excluding ortho intramolecular Hbond substituents is 2. The van der Waals surface area contributed by atoms with Gasteiger partial charge in [0.25, 0.3) is 0 Å². The van der Waals surface area contributed by atoms with Crippen LogP contribution in [-0.2, 0) is 32.9 Å². The SMILES string of the molecule is CC(C)(C)c1cc(C(O)(c2ccc(Cl)cc2)c2ccc(C(O)(c3ccc(Cl)cc3)c3cc(C(C)(C)C)c(O)c(C(C)(C)C)c3)o2)cc(C(C)(C)C)c1O. The Morgan fingerprint density at radius 3 is 0.868 bits per heavy atom. The normalized spacial score (nSPS) is 15.2. The second-order valence-corrected chi connectivity index (χ2v) is 19.3. The Hall–Kier alpha value is -3.74. The van der Waals surface area contributed by atoms with E-state index in [1.807, 2.05) is 107 Å². The molecule has 5 nitrogen and oxygen atoms in total. The van der Waals surface area contributed by atoms with Crippen molar-refractivity contribution in [2.75, 3.05) is 0 Å². The highest BCUT2D eigenvalue weighted by Gasteiger charge is 2.44. The summed E-state index contributed by atoms with van der Waals surface area (Å²) in [5.74, 6) is 0.666. The minimum absolute atomic E-state index is 0.151. The zero-order chi connectivity index (χ0) is 39.7. The third-order valence-corrected chi connectivity index (χ3v) is 10.6. The number of rotatable bonds is 6. The van der Waals surface area contributed by atoms with Crippen LogP contribution in [0.1, 0.15) is 139 Å². The van der Waals surface area contributed by atoms with Crippen molar-refractivity contribution in [3.8, 4) is 11.5 Å². The lowest BCUT2D eigenvalue weighted by Crippen LogP contribution is -2.32. The monoisotopic (exact) mass is 756 g/mol. The number of phenols is 2. The average Bonchev–Trinajstić information content (AvgIpc) is 3.54. The van der Waals surface area contributed by atoms with Crippen LogP contribution < -0.4 is 0 Å². The van der Waals surface area contributed by atoms with Gasteiger partial charge in [-0.1, -0.05) is 131 Å². The van der Waals surface area contributed by atoms with Crippen LogP contribution in [0.4, 0.5) is 0 Å². The summed E-state index contributed by atoms with van der Waals surface area (Å²) in [7, 11) is 0. The van der Waals surface area contributed by atoms with Crippen LogP contribution in [0.5, 0.6) is 11.5 Å². The van der Waals surface area contributed by atoms with Crippen LogP contribution >= 0.6 is 23.2 Å². The van der Waals surface area contributed by atoms with Gasteiger partial charge in [-0.3, -0.25) is 0 Å². The molecule has 0 aliphatic carbocycles. The van der Waals surface area contributed by atoms with Gasteiger partial charge in [0.1, 0.15) is 23.0 Å². The molecule has 0 saturated carbocycles. The molecule has 0 aliphatic heterocycles. The lowest BCUT2D eigenvalue weighted by molar-refractivity contribution is 0.0712. The second-order valence-electron chi connectivity index (χ2n) is 18.4. The molecule has 0 fully saturated rings. The zero-order valence-electron chi connectivity index (χ0n) is 33.0. The fourth-order valence-electron chi connectivity index (χ4n) is 6.98. The Morgan fingerprint density at radius 2 is 0.642 bits per heavy atom. The first-order valence-corrected chi connectivity index (χ1v) is 18.8. The van der Waals surface area contributed by atoms with Gasteiger partial charge in [-0.2, -0.15) is 0 Å². The van der Waals surface area contributed by atoms with Crippen LogP contribution in [0, 0.1) is 0 Å². The van der Waals surface area contributed by atoms with Gasteiger partial charge in [0.05, 0.1) is 0 Å². The highest BCUT2D eigenvalue weighted by atomic mass is 35.5. The number of aromatic hydroxyl groups is 2. The molecule has 282 valence electrons. The molecule has 0 amide bonds. The number of aliphatic hydroxyl groups is 2. The van der Waals surface area contributed by atoms with Gasteiger partial charge in [0, 0.05) is 10.0 Å². The van der Waals surface area contributed by atoms with Crippen molar-refractivity contribution >= 4 is 23.2 Å². The van der Waals surface area contributed by atoms with Gasteiger partial charge < -0.3 is 24.8 Å². The molecule has 5 aromatic rings. The summed E-state index contributed by atoms with van der Waals surface area (Å²) >= 11 is 12.7. The smallest absolute Gasteiger partial charge is 0.173 e. The van der Waals surface area contributed by atoms with Gasteiger partial charge >= 0.3 is 0 Å². The van der Waals surface area contributed by atoms with Crippen molar-refractivity contribution in [1.29, 1.82) is 0 Å². The van der Waals surface area contributed by atoms with Crippen molar-refractivity contribution in [2.24, 2.45) is 0 Å². The summed E-state index contributed by atoms with van der Waals surface area (Å²) in [5, 5.41) is 50.7. The van der Waals surface area contributed by atoms with E-state index in [1.54, 1.807) is 60.7 Å². The van der Waals surface area contributed by atoms with Crippen LogP contribution in [0.15, 0.2) is 89.3 Å². The summed E-state index contributed by atoms with van der Waals surface area (Å²) in [6.07, 6.45) is 0. The Bertz CT molecular complexity index is 1900. The minimum atomic E-state index is -1.89. The van der Waals surface area contributed by atoms with E-state index in [9.17, 15) is 20.4 Å². The number of hydrogen-bond donors (Lipinski definition) is 4. The number of benzene rings is 4. The van der Waals surface area contributed by atoms with Crippen molar-refractivity contribution in [3.05, 3.63) is 151 Å². The van der Waals surface area contributed by atoms with E-state index in [0.717, 1.165) is 0 Å². The maximum atomic E-state index is 13.2. The van der Waals surface area contributed by atoms with E-state index in [0.29, 0.717) is 54.6 Å². The Morgan fingerprint density at radius 1 is 0.396 bits per heavy atom. The van der Waals surface area contributed by atoms with E-state index >= 15 is 0 Å². The van der Waals surface area contributed by atoms with Crippen molar-refractivity contribution in [2.45, 2.75) is 116 Å². The molecule has 0 saturated heterocycles. The largest absolute Gasteiger partial charge is 0.507 e. The Labute approximate surface area is 325 Å². The summed E-state index contributed by atoms with van der Waals surface area (Å²) in [6, 6.07) is 24.5. The van der Waals surface area contributed by atoms with E-state index in [-0.39, 0.29) is 23.0 Å². The molecular weight excluding hydrogens is 703 g/mol. The molecule has 0 bridgehead atoms. The molecule has 0 radical (unpaired) electrons. The number of halogens is 2. The maximum Gasteiger partial charge on any atom is 0.173 e. The zero-order valence-corrected chi connectivity index (χ0v) is 34.5. The van der Waals surface area contributed by atoms with Gasteiger partial charge in [0.2, 0.25) is 0 Å². The second kappa shape index (κ2) is 13.5. The van der Waals surface area contributed by atoms with Gasteiger partial charge in [-0.05, 0) is 127 Å². The molecule has 5 rings (SSSR count). The Balaban J connectivity index is 1.88. The molecule has 4 aromatic carbocycles. The van der Waals surface area contributed by atoms with Crippen molar-refractivity contribution in [1.82, 2.24) is 0 Å². The molecule has 2 atom stereocenters. The van der Waals surface area contributed by atoms with Crippen molar-refractivity contribution in [3.63, 3.8) is 0 Å². The fraction of sp³-hybridized carbons (Fsp3) is 0.391. The van der Waals surface area contributed by atoms with Crippen molar-refractivity contribution < 1.29 is 24.8 Å². The number of hydrogen-bond acceptors (Lipinski definition) is 5. The molecule has 53 heavy (non-hydrogen) atoms. The lowest BCUT2D eigenvalue weighted by Gasteiger charge is -2.34. The van der Waals surface area contributed by atoms with Gasteiger partial charge in [-0.25, -0.2) is 0 Å². The minimum Gasteiger partial charge on any atom is -0.507 e. The molecule has 0 spiro atoms. The average molecular weight is 758 g/mol. The highest BCUT2D eigenvalue weighted by Crippen LogP contribution is 2.49. The van der Waals surface area contributed by atoms with Crippen LogP contribution in [0.3, 0.4) is 0 Å². The molecule has 1 aromatic heterocycles. The molecular formula is C46H54Cl2O5. The highest BCUT2D eigenvalue weighted by molar-refractivity contribution is 6.30. The fourth-order valence-corrected chi connectivity index (χ4v) is 7.24. The predicted molar refractivity (Wildman–Crippen MR) is 217 cm³/mol. The summed E-state index contributed by atoms with van der Waals surface area (Å²) < 4.78 is 6.76. The summed E-state index contributed by atoms with van der Waals surface area (Å²) in [5.41, 5.74) is -1.05. The predicted octanol–water partition coefficient (Wildman–Crippen LogP) is 11.8. The summed E-state index contributed by atoms with van der Waals surface area (Å²) in [6.45, 7) is 24.2. The number of furan rings is 1. The Kier molecular flexibility index (Phi) is 10.3. The third-order valence-electron chi connectivity index (χ3n) is 10.1.